The van der Waals surface area contributed by atoms with E-state index < -0.39 is 63.1 Å². The van der Waals surface area contributed by atoms with E-state index in [9.17, 15) is 39.8 Å². The van der Waals surface area contributed by atoms with Gasteiger partial charge in [0.15, 0.2) is 0 Å². The average molecular weight is 973 g/mol. The normalized spacial score (nSPS) is 22.2. The van der Waals surface area contributed by atoms with Gasteiger partial charge in [-0.3, -0.25) is 13.8 Å². The molecule has 1 aliphatic carbocycles. The Hall–Kier alpha value is -3.26. The molecule has 0 amide bonds. The first-order valence-electron chi connectivity index (χ1n) is 25.4. The maximum Gasteiger partial charge on any atom is 0.472 e. The van der Waals surface area contributed by atoms with Crippen LogP contribution in [0.1, 0.15) is 155 Å². The molecule has 1 rings (SSSR count). The number of esters is 1. The number of carbonyl (C=O) groups excluding carboxylic acids is 1. The quantitative estimate of drug-likeness (QED) is 0.0147. The number of phosphoric acid groups is 1. The first-order chi connectivity index (χ1) is 33.0. The summed E-state index contributed by atoms with van der Waals surface area (Å²) in [5.41, 5.74) is 0. The molecule has 0 aliphatic heterocycles. The van der Waals surface area contributed by atoms with Crippen LogP contribution in [-0.2, 0) is 27.9 Å². The number of ether oxygens (including phenoxy) is 2. The molecular weight excluding hydrogens is 884 g/mol. The van der Waals surface area contributed by atoms with Crippen molar-refractivity contribution in [2.75, 3.05) is 19.8 Å². The van der Waals surface area contributed by atoms with E-state index in [-0.39, 0.29) is 13.0 Å². The number of rotatable bonds is 41. The van der Waals surface area contributed by atoms with E-state index in [1.807, 2.05) is 12.2 Å². The summed E-state index contributed by atoms with van der Waals surface area (Å²) in [6.07, 6.45) is 51.3. The van der Waals surface area contributed by atoms with Crippen LogP contribution in [0.4, 0.5) is 0 Å². The maximum absolute atomic E-state index is 12.9. The highest BCUT2D eigenvalue weighted by Gasteiger charge is 2.51. The molecule has 0 heterocycles. The van der Waals surface area contributed by atoms with Crippen molar-refractivity contribution in [3.63, 3.8) is 0 Å². The van der Waals surface area contributed by atoms with Crippen LogP contribution in [0.2, 0.25) is 0 Å². The third-order valence-corrected chi connectivity index (χ3v) is 11.8. The summed E-state index contributed by atoms with van der Waals surface area (Å²) in [4.78, 5) is 23.2. The van der Waals surface area contributed by atoms with Crippen molar-refractivity contribution in [1.29, 1.82) is 0 Å². The van der Waals surface area contributed by atoms with Crippen LogP contribution in [0.15, 0.2) is 122 Å². The molecule has 1 aliphatic rings. The van der Waals surface area contributed by atoms with Crippen LogP contribution in [0, 0.1) is 0 Å². The summed E-state index contributed by atoms with van der Waals surface area (Å²) in [7, 11) is -5.05. The van der Waals surface area contributed by atoms with E-state index >= 15 is 0 Å². The van der Waals surface area contributed by atoms with Gasteiger partial charge in [-0.2, -0.15) is 0 Å². The number of phosphoric ester groups is 1. The largest absolute Gasteiger partial charge is 0.472 e. The molecule has 13 heteroatoms. The van der Waals surface area contributed by atoms with Crippen molar-refractivity contribution in [3.8, 4) is 0 Å². The molecule has 386 valence electrons. The van der Waals surface area contributed by atoms with Crippen molar-refractivity contribution >= 4 is 13.8 Å². The second-order valence-corrected chi connectivity index (χ2v) is 18.3. The molecule has 0 aromatic heterocycles. The Morgan fingerprint density at radius 2 is 0.824 bits per heavy atom. The predicted molar refractivity (Wildman–Crippen MR) is 276 cm³/mol. The van der Waals surface area contributed by atoms with Gasteiger partial charge < -0.3 is 39.9 Å². The van der Waals surface area contributed by atoms with Gasteiger partial charge in [-0.15, -0.1) is 0 Å². The number of hydrogen-bond donors (Lipinski definition) is 6. The highest BCUT2D eigenvalue weighted by molar-refractivity contribution is 7.47. The molecule has 0 radical (unpaired) electrons. The fraction of sp³-hybridized carbons (Fsp3) is 0.618. The zero-order valence-electron chi connectivity index (χ0n) is 41.3. The third kappa shape index (κ3) is 34.9. The predicted octanol–water partition coefficient (Wildman–Crippen LogP) is 11.4. The van der Waals surface area contributed by atoms with E-state index in [2.05, 4.69) is 123 Å². The van der Waals surface area contributed by atoms with Gasteiger partial charge in [-0.25, -0.2) is 4.57 Å². The van der Waals surface area contributed by atoms with E-state index in [1.165, 1.54) is 32.1 Å². The first-order valence-corrected chi connectivity index (χ1v) is 26.9. The molecule has 6 unspecified atom stereocenters. The van der Waals surface area contributed by atoms with Gasteiger partial charge in [0.25, 0.3) is 0 Å². The van der Waals surface area contributed by atoms with E-state index in [1.54, 1.807) is 0 Å². The molecular formula is C55H89O12P. The van der Waals surface area contributed by atoms with Crippen molar-refractivity contribution in [3.05, 3.63) is 122 Å². The minimum atomic E-state index is -5.05. The van der Waals surface area contributed by atoms with Crippen LogP contribution in [0.3, 0.4) is 0 Å². The van der Waals surface area contributed by atoms with E-state index in [0.717, 1.165) is 89.9 Å². The summed E-state index contributed by atoms with van der Waals surface area (Å²) in [5, 5.41) is 50.3. The van der Waals surface area contributed by atoms with Gasteiger partial charge in [0.1, 0.15) is 42.7 Å². The summed E-state index contributed by atoms with van der Waals surface area (Å²) in [6.45, 7) is 3.92. The Kier molecular flexibility index (Phi) is 40.4. The van der Waals surface area contributed by atoms with Gasteiger partial charge >= 0.3 is 13.8 Å². The molecule has 0 aromatic carbocycles. The minimum absolute atomic E-state index is 0.0514. The van der Waals surface area contributed by atoms with Crippen LogP contribution in [0.25, 0.3) is 0 Å². The fourth-order valence-corrected chi connectivity index (χ4v) is 7.87. The molecule has 1 saturated carbocycles. The molecule has 0 spiro atoms. The summed E-state index contributed by atoms with van der Waals surface area (Å²) in [6, 6.07) is 0. The molecule has 1 fully saturated rings. The third-order valence-electron chi connectivity index (χ3n) is 10.8. The second-order valence-electron chi connectivity index (χ2n) is 16.9. The standard InChI is InChI=1S/C55H89O12P/c1-3-5-7-9-11-13-15-17-19-21-23-24-25-27-29-31-33-35-37-39-41-43-45-64-46-48(47-65-68(62,63)67-55-53(60)51(58)50(57)52(59)54(55)61)66-49(56)44-42-40-38-36-34-32-30-28-26-22-20-18-16-14-12-10-8-6-4-2/h5-8,11-14,17-20,23-24,26,28,32,34,38,40,48,50-55,57-61H,3-4,9-10,15-16,21-22,25,27,29-31,33,35-37,39,41-47H2,1-2H3,(H,62,63)/b7-5-,8-6-,13-11-,14-12-,19-17-,20-18-,24-23-,28-26-,34-32-,40-38-. The SMILES string of the molecule is CC/C=C\C/C=C\C/C=C\C/C=C\C/C=C\C/C=C\CCC(=O)OC(COCCCCCCCCCCC/C=C\C/C=C\C/C=C\C/C=C\CC)COP(=O)(O)OC1C(O)C(O)C(O)C(O)C1O. The van der Waals surface area contributed by atoms with Crippen LogP contribution < -0.4 is 0 Å². The Labute approximate surface area is 409 Å². The number of unbranched alkanes of at least 4 members (excludes halogenated alkanes) is 9. The van der Waals surface area contributed by atoms with Gasteiger partial charge in [-0.1, -0.05) is 180 Å². The molecule has 12 nitrogen and oxygen atoms in total. The average Bonchev–Trinajstić information content (AvgIpc) is 3.32. The zero-order chi connectivity index (χ0) is 49.8. The number of carbonyl (C=O) groups is 1. The number of hydrogen-bond acceptors (Lipinski definition) is 11. The van der Waals surface area contributed by atoms with Crippen molar-refractivity contribution in [2.45, 2.75) is 198 Å². The topological polar surface area (TPSA) is 192 Å². The van der Waals surface area contributed by atoms with Gasteiger partial charge in [0, 0.05) is 13.0 Å². The molecule has 6 atom stereocenters. The van der Waals surface area contributed by atoms with Crippen LogP contribution in [-0.4, -0.2) is 98.9 Å². The lowest BCUT2D eigenvalue weighted by Crippen LogP contribution is -2.64. The molecule has 0 bridgehead atoms. The van der Waals surface area contributed by atoms with Crippen LogP contribution >= 0.6 is 7.82 Å². The lowest BCUT2D eigenvalue weighted by Gasteiger charge is -2.41. The first kappa shape index (κ1) is 62.8. The molecule has 0 aromatic rings. The molecule has 68 heavy (non-hydrogen) atoms. The Balaban J connectivity index is 2.41. The van der Waals surface area contributed by atoms with Gasteiger partial charge in [-0.05, 0) is 89.9 Å². The smallest absolute Gasteiger partial charge is 0.457 e. The lowest BCUT2D eigenvalue weighted by atomic mass is 9.85. The van der Waals surface area contributed by atoms with Gasteiger partial charge in [0.05, 0.1) is 13.2 Å². The zero-order valence-corrected chi connectivity index (χ0v) is 42.2. The van der Waals surface area contributed by atoms with Gasteiger partial charge in [0.2, 0.25) is 0 Å². The Morgan fingerprint density at radius 1 is 0.471 bits per heavy atom. The second kappa shape index (κ2) is 43.7. The highest BCUT2D eigenvalue weighted by atomic mass is 31.2. The fourth-order valence-electron chi connectivity index (χ4n) is 6.90. The monoisotopic (exact) mass is 973 g/mol. The Morgan fingerprint density at radius 3 is 1.25 bits per heavy atom. The molecule has 0 saturated heterocycles. The summed E-state index contributed by atoms with van der Waals surface area (Å²) in [5.74, 6) is -0.566. The highest BCUT2D eigenvalue weighted by Crippen LogP contribution is 2.47. The van der Waals surface area contributed by atoms with Crippen molar-refractivity contribution < 1.29 is 58.3 Å². The van der Waals surface area contributed by atoms with E-state index in [0.29, 0.717) is 19.4 Å². The maximum atomic E-state index is 12.9. The minimum Gasteiger partial charge on any atom is -0.457 e. The Bertz CT molecular complexity index is 1580. The van der Waals surface area contributed by atoms with Crippen molar-refractivity contribution in [1.82, 2.24) is 0 Å². The number of aliphatic hydroxyl groups excluding tert-OH is 5. The number of aliphatic hydroxyl groups is 5. The summed E-state index contributed by atoms with van der Waals surface area (Å²) < 4.78 is 34.2. The summed E-state index contributed by atoms with van der Waals surface area (Å²) >= 11 is 0. The lowest BCUT2D eigenvalue weighted by molar-refractivity contribution is -0.220. The van der Waals surface area contributed by atoms with Crippen molar-refractivity contribution in [2.24, 2.45) is 0 Å². The van der Waals surface area contributed by atoms with Crippen LogP contribution in [0.5, 0.6) is 0 Å². The van der Waals surface area contributed by atoms with E-state index in [4.69, 9.17) is 18.5 Å². The molecule has 6 N–H and O–H groups in total. The number of allylic oxidation sites excluding steroid dienone is 20.